The molecule has 1 aromatic rings. The number of nitrogens with one attached hydrogen (secondary N) is 1. The van der Waals surface area contributed by atoms with E-state index in [2.05, 4.69) is 15.2 Å². The molecule has 2 N–H and O–H groups in total. The van der Waals surface area contributed by atoms with Crippen molar-refractivity contribution in [2.45, 2.75) is 31.8 Å². The number of urea groups is 1. The highest BCUT2D eigenvalue weighted by molar-refractivity contribution is 5.92. The van der Waals surface area contributed by atoms with Crippen molar-refractivity contribution in [1.82, 2.24) is 9.88 Å². The molecule has 1 aromatic heterocycles. The molecule has 114 valence electrons. The predicted octanol–water partition coefficient (Wildman–Crippen LogP) is 1.67. The Morgan fingerprint density at radius 3 is 2.86 bits per heavy atom. The van der Waals surface area contributed by atoms with Gasteiger partial charge in [-0.2, -0.15) is 0 Å². The van der Waals surface area contributed by atoms with Gasteiger partial charge in [0.1, 0.15) is 0 Å². The minimum absolute atomic E-state index is 0.151. The Labute approximate surface area is 124 Å². The van der Waals surface area contributed by atoms with Crippen molar-refractivity contribution in [2.75, 3.05) is 36.4 Å². The highest BCUT2D eigenvalue weighted by atomic mass is 16.3. The van der Waals surface area contributed by atoms with Gasteiger partial charge in [0.25, 0.3) is 0 Å². The average molecular weight is 290 g/mol. The quantitative estimate of drug-likeness (QED) is 0.869. The molecule has 6 nitrogen and oxygen atoms in total. The number of hydrogen-bond acceptors (Lipinski definition) is 4. The van der Waals surface area contributed by atoms with Crippen molar-refractivity contribution in [3.8, 4) is 0 Å². The molecule has 1 atom stereocenters. The van der Waals surface area contributed by atoms with E-state index in [9.17, 15) is 9.90 Å². The van der Waals surface area contributed by atoms with Crippen molar-refractivity contribution in [2.24, 2.45) is 0 Å². The van der Waals surface area contributed by atoms with E-state index in [0.717, 1.165) is 37.4 Å². The van der Waals surface area contributed by atoms with Gasteiger partial charge in [-0.25, -0.2) is 9.78 Å². The summed E-state index contributed by atoms with van der Waals surface area (Å²) in [6.07, 6.45) is 5.31. The summed E-state index contributed by atoms with van der Waals surface area (Å²) in [7, 11) is 0. The zero-order valence-electron chi connectivity index (χ0n) is 12.2. The first-order chi connectivity index (χ1) is 10.2. The van der Waals surface area contributed by atoms with E-state index in [0.29, 0.717) is 13.1 Å². The molecular formula is C15H22N4O2. The smallest absolute Gasteiger partial charge is 0.322 e. The maximum Gasteiger partial charge on any atom is 0.322 e. The molecule has 0 spiro atoms. The number of pyridine rings is 1. The Kier molecular flexibility index (Phi) is 4.24. The molecule has 0 bridgehead atoms. The lowest BCUT2D eigenvalue weighted by Crippen LogP contribution is -2.44. The summed E-state index contributed by atoms with van der Waals surface area (Å²) in [6, 6.07) is 3.57. The summed E-state index contributed by atoms with van der Waals surface area (Å²) in [4.78, 5) is 20.6. The number of β-amino-alcohol motifs (C(OH)–C–C–N with tert-alkyl or cyclic N) is 1. The number of amides is 2. The Bertz CT molecular complexity index is 502. The number of carbonyl (C=O) groups is 1. The first kappa shape index (κ1) is 14.1. The molecule has 2 amide bonds. The Hall–Kier alpha value is -1.82. The molecule has 2 saturated heterocycles. The number of rotatable bonds is 2. The van der Waals surface area contributed by atoms with Gasteiger partial charge in [0, 0.05) is 32.4 Å². The lowest BCUT2D eigenvalue weighted by atomic mass is 10.1. The number of aliphatic hydroxyl groups excluding tert-OH is 1. The topological polar surface area (TPSA) is 68.7 Å². The van der Waals surface area contributed by atoms with E-state index in [1.165, 1.54) is 12.8 Å². The van der Waals surface area contributed by atoms with E-state index in [1.807, 2.05) is 12.1 Å². The van der Waals surface area contributed by atoms with Gasteiger partial charge in [0.2, 0.25) is 0 Å². The first-order valence-corrected chi connectivity index (χ1v) is 7.68. The van der Waals surface area contributed by atoms with Gasteiger partial charge in [-0.1, -0.05) is 0 Å². The number of carbonyl (C=O) groups excluding carboxylic acids is 1. The fourth-order valence-corrected chi connectivity index (χ4v) is 3.01. The van der Waals surface area contributed by atoms with Crippen LogP contribution in [0.2, 0.25) is 0 Å². The largest absolute Gasteiger partial charge is 0.391 e. The number of aromatic nitrogens is 1. The summed E-state index contributed by atoms with van der Waals surface area (Å²) >= 11 is 0. The number of anilines is 2. The lowest BCUT2D eigenvalue weighted by molar-refractivity contribution is 0.0883. The number of nitrogens with zero attached hydrogens (tertiary/aromatic N) is 3. The third-order valence-electron chi connectivity index (χ3n) is 4.12. The zero-order chi connectivity index (χ0) is 14.7. The fraction of sp³-hybridized carbons (Fsp3) is 0.600. The van der Waals surface area contributed by atoms with E-state index < -0.39 is 6.10 Å². The molecule has 2 aliphatic rings. The number of hydrogen-bond donors (Lipinski definition) is 2. The Morgan fingerprint density at radius 2 is 2.10 bits per heavy atom. The molecule has 21 heavy (non-hydrogen) atoms. The number of piperidine rings is 1. The minimum Gasteiger partial charge on any atom is -0.391 e. The normalized spacial score (nSPS) is 22.4. The van der Waals surface area contributed by atoms with Crippen molar-refractivity contribution < 1.29 is 9.90 Å². The third kappa shape index (κ3) is 3.26. The van der Waals surface area contributed by atoms with Crippen molar-refractivity contribution in [1.29, 1.82) is 0 Å². The predicted molar refractivity (Wildman–Crippen MR) is 81.5 cm³/mol. The summed E-state index contributed by atoms with van der Waals surface area (Å²) in [5.41, 5.74) is 0.754. The highest BCUT2D eigenvalue weighted by Gasteiger charge is 2.24. The monoisotopic (exact) mass is 290 g/mol. The number of likely N-dealkylation sites (tertiary alicyclic amines) is 1. The van der Waals surface area contributed by atoms with E-state index >= 15 is 0 Å². The first-order valence-electron chi connectivity index (χ1n) is 7.68. The maximum atomic E-state index is 12.3. The number of aliphatic hydroxyl groups is 1. The second kappa shape index (κ2) is 6.30. The van der Waals surface area contributed by atoms with Gasteiger partial charge in [-0.3, -0.25) is 0 Å². The lowest BCUT2D eigenvalue weighted by Gasteiger charge is -2.30. The van der Waals surface area contributed by atoms with Gasteiger partial charge in [0.05, 0.1) is 11.8 Å². The summed E-state index contributed by atoms with van der Waals surface area (Å²) < 4.78 is 0. The van der Waals surface area contributed by atoms with Crippen molar-refractivity contribution in [3.63, 3.8) is 0 Å². The van der Waals surface area contributed by atoms with Crippen LogP contribution in [0.1, 0.15) is 25.7 Å². The SMILES string of the molecule is O=C(Nc1cccnc1N1CCCC1)N1CCCC(O)C1. The maximum absolute atomic E-state index is 12.3. The molecule has 0 aromatic carbocycles. The molecule has 0 aliphatic carbocycles. The van der Waals surface area contributed by atoms with E-state index in [1.54, 1.807) is 11.1 Å². The van der Waals surface area contributed by atoms with Gasteiger partial charge >= 0.3 is 6.03 Å². The molecule has 2 fully saturated rings. The van der Waals surface area contributed by atoms with Crippen LogP contribution in [0.4, 0.5) is 16.3 Å². The standard InChI is InChI=1S/C15H22N4O2/c20-12-5-4-10-19(11-12)15(21)17-13-6-3-7-16-14(13)18-8-1-2-9-18/h3,6-7,12,20H,1-2,4-5,8-11H2,(H,17,21). The van der Waals surface area contributed by atoms with E-state index in [4.69, 9.17) is 0 Å². The van der Waals surface area contributed by atoms with Gasteiger partial charge in [-0.15, -0.1) is 0 Å². The van der Waals surface area contributed by atoms with Crippen LogP contribution in [0.15, 0.2) is 18.3 Å². The van der Waals surface area contributed by atoms with Crippen LogP contribution in [0.25, 0.3) is 0 Å². The molecule has 3 heterocycles. The fourth-order valence-electron chi connectivity index (χ4n) is 3.01. The summed E-state index contributed by atoms with van der Waals surface area (Å²) in [5.74, 6) is 0.848. The molecule has 3 rings (SSSR count). The van der Waals surface area contributed by atoms with Crippen LogP contribution in [0.3, 0.4) is 0 Å². The molecule has 0 radical (unpaired) electrons. The van der Waals surface area contributed by atoms with Gasteiger partial charge in [0.15, 0.2) is 5.82 Å². The van der Waals surface area contributed by atoms with Gasteiger partial charge in [-0.05, 0) is 37.8 Å². The summed E-state index contributed by atoms with van der Waals surface area (Å²) in [6.45, 7) is 3.08. The van der Waals surface area contributed by atoms with Crippen LogP contribution in [-0.4, -0.2) is 53.3 Å². The third-order valence-corrected chi connectivity index (χ3v) is 4.12. The molecule has 0 saturated carbocycles. The second-order valence-corrected chi connectivity index (χ2v) is 5.74. The second-order valence-electron chi connectivity index (χ2n) is 5.74. The molecule has 2 aliphatic heterocycles. The van der Waals surface area contributed by atoms with Crippen LogP contribution in [0, 0.1) is 0 Å². The molecule has 1 unspecified atom stereocenters. The van der Waals surface area contributed by atoms with Crippen LogP contribution >= 0.6 is 0 Å². The highest BCUT2D eigenvalue weighted by Crippen LogP contribution is 2.26. The summed E-state index contributed by atoms with van der Waals surface area (Å²) in [5, 5.41) is 12.6. The van der Waals surface area contributed by atoms with E-state index in [-0.39, 0.29) is 6.03 Å². The Balaban J connectivity index is 1.70. The molecular weight excluding hydrogens is 268 g/mol. The van der Waals surface area contributed by atoms with Crippen LogP contribution in [0.5, 0.6) is 0 Å². The average Bonchev–Trinajstić information content (AvgIpc) is 3.02. The Morgan fingerprint density at radius 1 is 1.29 bits per heavy atom. The van der Waals surface area contributed by atoms with Crippen molar-refractivity contribution >= 4 is 17.5 Å². The molecule has 6 heteroatoms. The van der Waals surface area contributed by atoms with Crippen molar-refractivity contribution in [3.05, 3.63) is 18.3 Å². The van der Waals surface area contributed by atoms with Crippen LogP contribution in [-0.2, 0) is 0 Å². The van der Waals surface area contributed by atoms with Gasteiger partial charge < -0.3 is 20.2 Å². The van der Waals surface area contributed by atoms with Crippen LogP contribution < -0.4 is 10.2 Å². The zero-order valence-corrected chi connectivity index (χ0v) is 12.2. The minimum atomic E-state index is -0.406.